The molecule has 1 aliphatic heterocycles. The van der Waals surface area contributed by atoms with Crippen molar-refractivity contribution in [2.45, 2.75) is 82.0 Å². The van der Waals surface area contributed by atoms with Gasteiger partial charge in [-0.05, 0) is 39.7 Å². The Kier molecular flexibility index (Phi) is 2.77. The van der Waals surface area contributed by atoms with Crippen LogP contribution in [0, 0.1) is 0 Å². The van der Waals surface area contributed by atoms with Gasteiger partial charge in [-0.25, -0.2) is 0 Å². The van der Waals surface area contributed by atoms with Crippen molar-refractivity contribution in [1.82, 2.24) is 9.96 Å². The summed E-state index contributed by atoms with van der Waals surface area (Å²) >= 11 is 0. The van der Waals surface area contributed by atoms with Gasteiger partial charge in [0.25, 0.3) is 0 Å². The standard InChI is InChI=1S/C14H25N2O/c1-13-9-7-4-8-12(13)15(2)14(16(13)17)10-5-3-6-11-14/h12H,3-11H2,1-2H3. The van der Waals surface area contributed by atoms with Gasteiger partial charge in [0.15, 0.2) is 0 Å². The molecule has 0 aromatic rings. The van der Waals surface area contributed by atoms with Crippen LogP contribution < -0.4 is 0 Å². The predicted molar refractivity (Wildman–Crippen MR) is 66.8 cm³/mol. The van der Waals surface area contributed by atoms with E-state index in [1.807, 2.05) is 0 Å². The van der Waals surface area contributed by atoms with E-state index in [1.54, 1.807) is 0 Å². The molecule has 3 aliphatic rings. The smallest absolute Gasteiger partial charge is 0.102 e. The van der Waals surface area contributed by atoms with Crippen LogP contribution in [-0.2, 0) is 5.21 Å². The summed E-state index contributed by atoms with van der Waals surface area (Å²) in [4.78, 5) is 2.46. The molecule has 1 radical (unpaired) electrons. The van der Waals surface area contributed by atoms with Crippen molar-refractivity contribution in [3.8, 4) is 0 Å². The lowest BCUT2D eigenvalue weighted by Crippen LogP contribution is -2.54. The van der Waals surface area contributed by atoms with Crippen molar-refractivity contribution in [1.29, 1.82) is 0 Å². The summed E-state index contributed by atoms with van der Waals surface area (Å²) in [7, 11) is 2.21. The molecular formula is C14H25N2O. The number of hydrogen-bond acceptors (Lipinski definition) is 2. The molecule has 0 aromatic heterocycles. The molecular weight excluding hydrogens is 212 g/mol. The first-order valence-corrected chi connectivity index (χ1v) is 7.32. The Labute approximate surface area is 105 Å². The summed E-state index contributed by atoms with van der Waals surface area (Å²) in [6, 6.07) is 0.492. The molecule has 2 atom stereocenters. The van der Waals surface area contributed by atoms with Gasteiger partial charge in [0.2, 0.25) is 0 Å². The number of hydroxylamine groups is 2. The lowest BCUT2D eigenvalue weighted by Gasteiger charge is -2.43. The van der Waals surface area contributed by atoms with Gasteiger partial charge in [-0.15, -0.1) is 10.3 Å². The Balaban J connectivity index is 1.96. The molecule has 17 heavy (non-hydrogen) atoms. The van der Waals surface area contributed by atoms with Gasteiger partial charge < -0.3 is 0 Å². The second-order valence-electron chi connectivity index (χ2n) is 6.57. The van der Waals surface area contributed by atoms with Crippen LogP contribution in [0.4, 0.5) is 0 Å². The SMILES string of the molecule is CN1C2CCCCC2(C)N([O])C12CCCCC2. The van der Waals surface area contributed by atoms with E-state index >= 15 is 0 Å². The van der Waals surface area contributed by atoms with E-state index in [1.165, 1.54) is 43.6 Å². The van der Waals surface area contributed by atoms with E-state index in [0.29, 0.717) is 6.04 Å². The lowest BCUT2D eigenvalue weighted by atomic mass is 9.79. The summed E-state index contributed by atoms with van der Waals surface area (Å²) in [5.74, 6) is 0. The number of likely N-dealkylation sites (N-methyl/N-ethyl adjacent to an activating group) is 1. The Morgan fingerprint density at radius 1 is 1.00 bits per heavy atom. The van der Waals surface area contributed by atoms with Gasteiger partial charge in [0.1, 0.15) is 5.66 Å². The molecule has 1 heterocycles. The molecule has 0 bridgehead atoms. The molecule has 0 aromatic carbocycles. The molecule has 0 amide bonds. The van der Waals surface area contributed by atoms with Gasteiger partial charge in [-0.1, -0.05) is 32.1 Å². The second kappa shape index (κ2) is 3.94. The fraction of sp³-hybridized carbons (Fsp3) is 1.00. The number of fused-ring (bicyclic) bond motifs is 1. The Morgan fingerprint density at radius 3 is 2.29 bits per heavy atom. The summed E-state index contributed by atoms with van der Waals surface area (Å²) in [6.45, 7) is 2.21. The van der Waals surface area contributed by atoms with Gasteiger partial charge in [-0.3, -0.25) is 4.90 Å². The highest BCUT2D eigenvalue weighted by Gasteiger charge is 2.62. The van der Waals surface area contributed by atoms with E-state index in [0.717, 1.165) is 19.3 Å². The number of nitrogens with zero attached hydrogens (tertiary/aromatic N) is 2. The van der Waals surface area contributed by atoms with Crippen molar-refractivity contribution >= 4 is 0 Å². The maximum Gasteiger partial charge on any atom is 0.102 e. The second-order valence-corrected chi connectivity index (χ2v) is 6.57. The van der Waals surface area contributed by atoms with Gasteiger partial charge in [-0.2, -0.15) is 0 Å². The molecule has 3 nitrogen and oxygen atoms in total. The Bertz CT molecular complexity index is 301. The third-order valence-electron chi connectivity index (χ3n) is 5.75. The predicted octanol–water partition coefficient (Wildman–Crippen LogP) is 2.94. The van der Waals surface area contributed by atoms with Gasteiger partial charge >= 0.3 is 0 Å². The van der Waals surface area contributed by atoms with Crippen LogP contribution in [0.2, 0.25) is 0 Å². The molecule has 2 aliphatic carbocycles. The Morgan fingerprint density at radius 2 is 1.65 bits per heavy atom. The molecule has 2 unspecified atom stereocenters. The zero-order valence-corrected chi connectivity index (χ0v) is 11.2. The molecule has 1 saturated heterocycles. The highest BCUT2D eigenvalue weighted by molar-refractivity contribution is 5.11. The normalized spacial score (nSPS) is 42.9. The molecule has 97 valence electrons. The van der Waals surface area contributed by atoms with Crippen molar-refractivity contribution in [2.24, 2.45) is 0 Å². The first-order chi connectivity index (χ1) is 8.11. The van der Waals surface area contributed by atoms with Crippen LogP contribution in [0.5, 0.6) is 0 Å². The van der Waals surface area contributed by atoms with Gasteiger partial charge in [0, 0.05) is 6.04 Å². The largest absolute Gasteiger partial charge is 0.282 e. The third kappa shape index (κ3) is 1.45. The molecule has 0 N–H and O–H groups in total. The summed E-state index contributed by atoms with van der Waals surface area (Å²) in [5.41, 5.74) is -0.258. The highest BCUT2D eigenvalue weighted by atomic mass is 16.5. The number of hydrogen-bond donors (Lipinski definition) is 0. The maximum atomic E-state index is 12.9. The van der Waals surface area contributed by atoms with Crippen molar-refractivity contribution in [3.05, 3.63) is 0 Å². The summed E-state index contributed by atoms with van der Waals surface area (Å²) in [5, 5.41) is 14.5. The minimum absolute atomic E-state index is 0.107. The third-order valence-corrected chi connectivity index (χ3v) is 5.75. The molecule has 3 heteroatoms. The number of rotatable bonds is 0. The molecule has 1 spiro atoms. The zero-order valence-electron chi connectivity index (χ0n) is 11.2. The highest BCUT2D eigenvalue weighted by Crippen LogP contribution is 2.52. The quantitative estimate of drug-likeness (QED) is 0.647. The van der Waals surface area contributed by atoms with Crippen LogP contribution in [0.25, 0.3) is 0 Å². The van der Waals surface area contributed by atoms with E-state index < -0.39 is 0 Å². The topological polar surface area (TPSA) is 26.4 Å². The van der Waals surface area contributed by atoms with E-state index in [4.69, 9.17) is 0 Å². The van der Waals surface area contributed by atoms with E-state index in [-0.39, 0.29) is 11.2 Å². The molecule has 3 fully saturated rings. The molecule has 2 saturated carbocycles. The first kappa shape index (κ1) is 11.9. The van der Waals surface area contributed by atoms with Gasteiger partial charge in [0.05, 0.1) is 5.54 Å². The van der Waals surface area contributed by atoms with E-state index in [9.17, 15) is 5.21 Å². The minimum atomic E-state index is -0.151. The average Bonchev–Trinajstić information content (AvgIpc) is 2.52. The summed E-state index contributed by atoms with van der Waals surface area (Å²) < 4.78 is 0. The van der Waals surface area contributed by atoms with Crippen molar-refractivity contribution in [2.75, 3.05) is 7.05 Å². The monoisotopic (exact) mass is 237 g/mol. The van der Waals surface area contributed by atoms with Crippen LogP contribution in [-0.4, -0.2) is 34.3 Å². The maximum absolute atomic E-state index is 12.9. The average molecular weight is 237 g/mol. The first-order valence-electron chi connectivity index (χ1n) is 7.32. The van der Waals surface area contributed by atoms with E-state index in [2.05, 4.69) is 18.9 Å². The fourth-order valence-electron chi connectivity index (χ4n) is 4.73. The van der Waals surface area contributed by atoms with Crippen LogP contribution >= 0.6 is 0 Å². The fourth-order valence-corrected chi connectivity index (χ4v) is 4.73. The minimum Gasteiger partial charge on any atom is -0.282 e. The lowest BCUT2D eigenvalue weighted by molar-refractivity contribution is -0.281. The van der Waals surface area contributed by atoms with Crippen molar-refractivity contribution < 1.29 is 5.21 Å². The van der Waals surface area contributed by atoms with Crippen LogP contribution in [0.3, 0.4) is 0 Å². The Hall–Kier alpha value is -0.120. The molecule has 3 rings (SSSR count). The van der Waals surface area contributed by atoms with Crippen LogP contribution in [0.1, 0.15) is 64.7 Å². The zero-order chi connectivity index (χ0) is 12.1. The van der Waals surface area contributed by atoms with Crippen LogP contribution in [0.15, 0.2) is 0 Å². The van der Waals surface area contributed by atoms with Crippen molar-refractivity contribution in [3.63, 3.8) is 0 Å². The summed E-state index contributed by atoms with van der Waals surface area (Å²) in [6.07, 6.45) is 10.8.